The van der Waals surface area contributed by atoms with Crippen LogP contribution in [0.3, 0.4) is 0 Å². The molecule has 0 fully saturated rings. The quantitative estimate of drug-likeness (QED) is 0.673. The summed E-state index contributed by atoms with van der Waals surface area (Å²) in [5, 5.41) is 11.3. The second-order valence-electron chi connectivity index (χ2n) is 6.37. The van der Waals surface area contributed by atoms with E-state index in [0.717, 1.165) is 35.2 Å². The lowest BCUT2D eigenvalue weighted by molar-refractivity contribution is -0.120. The van der Waals surface area contributed by atoms with Crippen LogP contribution in [0.2, 0.25) is 0 Å². The van der Waals surface area contributed by atoms with E-state index in [1.54, 1.807) is 0 Å². The van der Waals surface area contributed by atoms with Crippen LogP contribution in [-0.2, 0) is 4.79 Å². The minimum Gasteiger partial charge on any atom is -0.416 e. The molecule has 0 spiro atoms. The van der Waals surface area contributed by atoms with Crippen LogP contribution in [0.15, 0.2) is 52.9 Å². The second kappa shape index (κ2) is 7.95. The molecule has 5 nitrogen and oxygen atoms in total. The van der Waals surface area contributed by atoms with Gasteiger partial charge < -0.3 is 9.73 Å². The zero-order valence-electron chi connectivity index (χ0n) is 15.3. The maximum absolute atomic E-state index is 12.3. The average molecular weight is 349 g/mol. The van der Waals surface area contributed by atoms with E-state index in [4.69, 9.17) is 4.42 Å². The maximum atomic E-state index is 12.3. The fraction of sp³-hybridized carbons (Fsp3) is 0.286. The van der Waals surface area contributed by atoms with Gasteiger partial charge in [-0.25, -0.2) is 0 Å². The fourth-order valence-electron chi connectivity index (χ4n) is 2.87. The molecule has 0 aliphatic heterocycles. The van der Waals surface area contributed by atoms with Gasteiger partial charge in [0, 0.05) is 22.7 Å². The molecular formula is C21H23N3O2. The Balaban J connectivity index is 1.81. The molecule has 1 amide bonds. The Morgan fingerprint density at radius 2 is 1.62 bits per heavy atom. The van der Waals surface area contributed by atoms with Gasteiger partial charge in [-0.1, -0.05) is 37.6 Å². The number of amides is 1. The Morgan fingerprint density at radius 1 is 1.00 bits per heavy atom. The van der Waals surface area contributed by atoms with Crippen LogP contribution >= 0.6 is 0 Å². The zero-order valence-corrected chi connectivity index (χ0v) is 15.3. The van der Waals surface area contributed by atoms with Gasteiger partial charge in [-0.15, -0.1) is 10.2 Å². The third-order valence-corrected chi connectivity index (χ3v) is 4.42. The topological polar surface area (TPSA) is 68.0 Å². The SMILES string of the molecule is CCC(CC)C(=O)Nc1cccc(-c2nnc(-c3cccc(C)c3)o2)c1. The molecular weight excluding hydrogens is 326 g/mol. The largest absolute Gasteiger partial charge is 0.416 e. The van der Waals surface area contributed by atoms with E-state index in [-0.39, 0.29) is 11.8 Å². The molecule has 5 heteroatoms. The molecule has 2 aromatic carbocycles. The summed E-state index contributed by atoms with van der Waals surface area (Å²) < 4.78 is 5.83. The van der Waals surface area contributed by atoms with E-state index in [2.05, 4.69) is 15.5 Å². The van der Waals surface area contributed by atoms with Crippen molar-refractivity contribution in [1.29, 1.82) is 0 Å². The number of hydrogen-bond acceptors (Lipinski definition) is 4. The summed E-state index contributed by atoms with van der Waals surface area (Å²) in [6.07, 6.45) is 1.65. The first-order valence-corrected chi connectivity index (χ1v) is 8.92. The van der Waals surface area contributed by atoms with Crippen molar-refractivity contribution in [1.82, 2.24) is 10.2 Å². The highest BCUT2D eigenvalue weighted by molar-refractivity contribution is 5.93. The molecule has 0 unspecified atom stereocenters. The third-order valence-electron chi connectivity index (χ3n) is 4.42. The first-order valence-electron chi connectivity index (χ1n) is 8.92. The Kier molecular flexibility index (Phi) is 5.46. The number of hydrogen-bond donors (Lipinski definition) is 1. The lowest BCUT2D eigenvalue weighted by Gasteiger charge is -2.13. The monoisotopic (exact) mass is 349 g/mol. The van der Waals surface area contributed by atoms with E-state index in [0.29, 0.717) is 11.8 Å². The Morgan fingerprint density at radius 3 is 2.23 bits per heavy atom. The molecule has 0 radical (unpaired) electrons. The van der Waals surface area contributed by atoms with Crippen molar-refractivity contribution >= 4 is 11.6 Å². The highest BCUT2D eigenvalue weighted by atomic mass is 16.4. The number of benzene rings is 2. The zero-order chi connectivity index (χ0) is 18.5. The van der Waals surface area contributed by atoms with Crippen molar-refractivity contribution in [3.05, 3.63) is 54.1 Å². The number of carbonyl (C=O) groups excluding carboxylic acids is 1. The number of nitrogens with one attached hydrogen (secondary N) is 1. The summed E-state index contributed by atoms with van der Waals surface area (Å²) in [6, 6.07) is 15.4. The van der Waals surface area contributed by atoms with E-state index in [9.17, 15) is 4.79 Å². The summed E-state index contributed by atoms with van der Waals surface area (Å²) in [7, 11) is 0. The van der Waals surface area contributed by atoms with Gasteiger partial charge in [0.25, 0.3) is 0 Å². The highest BCUT2D eigenvalue weighted by Gasteiger charge is 2.15. The summed E-state index contributed by atoms with van der Waals surface area (Å²) in [6.45, 7) is 6.07. The van der Waals surface area contributed by atoms with E-state index < -0.39 is 0 Å². The molecule has 26 heavy (non-hydrogen) atoms. The molecule has 0 atom stereocenters. The first kappa shape index (κ1) is 17.9. The molecule has 0 aliphatic carbocycles. The summed E-state index contributed by atoms with van der Waals surface area (Å²) in [4.78, 5) is 12.3. The normalized spacial score (nSPS) is 10.9. The van der Waals surface area contributed by atoms with Gasteiger partial charge in [-0.3, -0.25) is 4.79 Å². The molecule has 0 aliphatic rings. The number of anilines is 1. The predicted octanol–water partition coefficient (Wildman–Crippen LogP) is 5.09. The van der Waals surface area contributed by atoms with Crippen molar-refractivity contribution in [2.45, 2.75) is 33.6 Å². The molecule has 0 bridgehead atoms. The van der Waals surface area contributed by atoms with Crippen LogP contribution in [-0.4, -0.2) is 16.1 Å². The van der Waals surface area contributed by atoms with Crippen molar-refractivity contribution in [3.8, 4) is 22.9 Å². The van der Waals surface area contributed by atoms with Gasteiger partial charge in [0.1, 0.15) is 0 Å². The molecule has 3 aromatic rings. The highest BCUT2D eigenvalue weighted by Crippen LogP contribution is 2.26. The smallest absolute Gasteiger partial charge is 0.248 e. The number of aryl methyl sites for hydroxylation is 1. The molecule has 3 rings (SSSR count). The molecule has 134 valence electrons. The van der Waals surface area contributed by atoms with Gasteiger partial charge in [-0.05, 0) is 50.1 Å². The minimum atomic E-state index is 0.0231. The lowest BCUT2D eigenvalue weighted by atomic mass is 10.0. The van der Waals surface area contributed by atoms with Gasteiger partial charge in [-0.2, -0.15) is 0 Å². The van der Waals surface area contributed by atoms with Crippen LogP contribution in [0.1, 0.15) is 32.3 Å². The fourth-order valence-corrected chi connectivity index (χ4v) is 2.87. The van der Waals surface area contributed by atoms with Crippen molar-refractivity contribution in [2.75, 3.05) is 5.32 Å². The summed E-state index contributed by atoms with van der Waals surface area (Å²) in [5.74, 6) is 0.975. The Bertz CT molecular complexity index is 898. The predicted molar refractivity (Wildman–Crippen MR) is 103 cm³/mol. The van der Waals surface area contributed by atoms with E-state index in [1.807, 2.05) is 69.3 Å². The molecule has 1 heterocycles. The van der Waals surface area contributed by atoms with Gasteiger partial charge in [0.05, 0.1) is 0 Å². The standard InChI is InChI=1S/C21H23N3O2/c1-4-15(5-2)19(25)22-18-11-7-10-17(13-18)21-24-23-20(26-21)16-9-6-8-14(3)12-16/h6-13,15H,4-5H2,1-3H3,(H,22,25). The van der Waals surface area contributed by atoms with Crippen molar-refractivity contribution < 1.29 is 9.21 Å². The number of aromatic nitrogens is 2. The molecule has 0 saturated heterocycles. The van der Waals surface area contributed by atoms with Gasteiger partial charge in [0.2, 0.25) is 17.7 Å². The number of nitrogens with zero attached hydrogens (tertiary/aromatic N) is 2. The van der Waals surface area contributed by atoms with Gasteiger partial charge in [0.15, 0.2) is 0 Å². The minimum absolute atomic E-state index is 0.0231. The lowest BCUT2D eigenvalue weighted by Crippen LogP contribution is -2.21. The van der Waals surface area contributed by atoms with Crippen LogP contribution < -0.4 is 5.32 Å². The molecule has 1 aromatic heterocycles. The summed E-state index contributed by atoms with van der Waals surface area (Å²) in [5.41, 5.74) is 3.53. The maximum Gasteiger partial charge on any atom is 0.248 e. The number of rotatable bonds is 6. The van der Waals surface area contributed by atoms with E-state index >= 15 is 0 Å². The third kappa shape index (κ3) is 3.99. The van der Waals surface area contributed by atoms with Gasteiger partial charge >= 0.3 is 0 Å². The Hall–Kier alpha value is -2.95. The van der Waals surface area contributed by atoms with Crippen LogP contribution in [0.5, 0.6) is 0 Å². The van der Waals surface area contributed by atoms with E-state index in [1.165, 1.54) is 0 Å². The van der Waals surface area contributed by atoms with Crippen molar-refractivity contribution in [3.63, 3.8) is 0 Å². The molecule has 0 saturated carbocycles. The van der Waals surface area contributed by atoms with Crippen LogP contribution in [0.25, 0.3) is 22.9 Å². The van der Waals surface area contributed by atoms with Crippen molar-refractivity contribution in [2.24, 2.45) is 5.92 Å². The summed E-state index contributed by atoms with van der Waals surface area (Å²) >= 11 is 0. The number of carbonyl (C=O) groups is 1. The van der Waals surface area contributed by atoms with Crippen LogP contribution in [0.4, 0.5) is 5.69 Å². The first-order chi connectivity index (χ1) is 12.6. The Labute approximate surface area is 153 Å². The molecule has 1 N–H and O–H groups in total. The average Bonchev–Trinajstić information content (AvgIpc) is 3.13. The van der Waals surface area contributed by atoms with Crippen LogP contribution in [0, 0.1) is 12.8 Å². The second-order valence-corrected chi connectivity index (χ2v) is 6.37.